The maximum absolute atomic E-state index is 12.5. The van der Waals surface area contributed by atoms with Gasteiger partial charge in [-0.15, -0.1) is 5.10 Å². The number of carbonyl (C=O) groups is 1. The van der Waals surface area contributed by atoms with Crippen LogP contribution in [0.3, 0.4) is 0 Å². The smallest absolute Gasteiger partial charge is 0.300 e. The zero-order chi connectivity index (χ0) is 19.6. The molecule has 0 aliphatic rings. The number of rotatable bonds is 5. The molecule has 8 nitrogen and oxygen atoms in total. The minimum absolute atomic E-state index is 0.0530. The van der Waals surface area contributed by atoms with Gasteiger partial charge < -0.3 is 0 Å². The van der Waals surface area contributed by atoms with Crippen LogP contribution < -0.4 is 5.32 Å². The standard InChI is InChI=1S/C15H14F3N7OS/c1-8-2-4-9(5-3-8)11-21-24-14(27)25(11)7-6-10(26)19-13-20-12(22-23-13)15(16,17)18/h2-5H,6-7H2,1H3,(H,24,27)(H2,19,20,22,23,26). The number of alkyl halides is 3. The fourth-order valence-electron chi connectivity index (χ4n) is 2.29. The predicted molar refractivity (Wildman–Crippen MR) is 92.2 cm³/mol. The van der Waals surface area contributed by atoms with Gasteiger partial charge >= 0.3 is 6.18 Å². The molecule has 12 heteroatoms. The number of nitrogens with one attached hydrogen (secondary N) is 3. The van der Waals surface area contributed by atoms with Crippen LogP contribution in [0.1, 0.15) is 17.8 Å². The van der Waals surface area contributed by atoms with Gasteiger partial charge in [-0.05, 0) is 19.1 Å². The first-order chi connectivity index (χ1) is 12.7. The molecule has 0 aliphatic carbocycles. The first kappa shape index (κ1) is 18.8. The molecule has 2 heterocycles. The topological polar surface area (TPSA) is 104 Å². The molecular formula is C15H14F3N7OS. The predicted octanol–water partition coefficient (Wildman–Crippen LogP) is 3.08. The van der Waals surface area contributed by atoms with Gasteiger partial charge in [0.25, 0.3) is 0 Å². The third kappa shape index (κ3) is 4.39. The number of nitrogens with zero attached hydrogens (tertiary/aromatic N) is 4. The Labute approximate surface area is 155 Å². The van der Waals surface area contributed by atoms with Gasteiger partial charge in [0, 0.05) is 18.5 Å². The third-order valence-electron chi connectivity index (χ3n) is 3.64. The van der Waals surface area contributed by atoms with Crippen LogP contribution in [-0.4, -0.2) is 35.9 Å². The van der Waals surface area contributed by atoms with Gasteiger partial charge in [-0.3, -0.25) is 24.9 Å². The Hall–Kier alpha value is -3.02. The summed E-state index contributed by atoms with van der Waals surface area (Å²) in [5, 5.41) is 14.1. The highest BCUT2D eigenvalue weighted by Gasteiger charge is 2.35. The molecule has 0 atom stereocenters. The van der Waals surface area contributed by atoms with Gasteiger partial charge in [0.2, 0.25) is 17.7 Å². The van der Waals surface area contributed by atoms with E-state index < -0.39 is 23.9 Å². The van der Waals surface area contributed by atoms with E-state index in [9.17, 15) is 18.0 Å². The number of amides is 1. The van der Waals surface area contributed by atoms with E-state index in [-0.39, 0.29) is 13.0 Å². The van der Waals surface area contributed by atoms with E-state index in [1.807, 2.05) is 31.2 Å². The quantitative estimate of drug-likeness (QED) is 0.574. The number of benzene rings is 1. The summed E-state index contributed by atoms with van der Waals surface area (Å²) in [6, 6.07) is 7.60. The van der Waals surface area contributed by atoms with E-state index in [1.54, 1.807) is 9.67 Å². The van der Waals surface area contributed by atoms with Crippen molar-refractivity contribution in [2.45, 2.75) is 26.1 Å². The van der Waals surface area contributed by atoms with Gasteiger partial charge in [-0.1, -0.05) is 29.8 Å². The van der Waals surface area contributed by atoms with Crippen molar-refractivity contribution < 1.29 is 18.0 Å². The molecule has 0 aliphatic heterocycles. The molecule has 0 unspecified atom stereocenters. The van der Waals surface area contributed by atoms with Crippen LogP contribution in [0.15, 0.2) is 24.3 Å². The summed E-state index contributed by atoms with van der Waals surface area (Å²) in [4.78, 5) is 15.2. The average Bonchev–Trinajstić information content (AvgIpc) is 3.20. The summed E-state index contributed by atoms with van der Waals surface area (Å²) in [6.07, 6.45) is -4.72. The maximum atomic E-state index is 12.5. The highest BCUT2D eigenvalue weighted by molar-refractivity contribution is 7.71. The molecule has 0 bridgehead atoms. The lowest BCUT2D eigenvalue weighted by Crippen LogP contribution is -2.16. The second kappa shape index (κ2) is 7.31. The highest BCUT2D eigenvalue weighted by Crippen LogP contribution is 2.26. The average molecular weight is 397 g/mol. The van der Waals surface area contributed by atoms with Gasteiger partial charge in [-0.25, -0.2) is 0 Å². The number of H-pyrrole nitrogens is 2. The van der Waals surface area contributed by atoms with Gasteiger partial charge in [0.1, 0.15) is 0 Å². The lowest BCUT2D eigenvalue weighted by Gasteiger charge is -2.07. The molecule has 0 saturated carbocycles. The van der Waals surface area contributed by atoms with E-state index in [2.05, 4.69) is 25.6 Å². The minimum Gasteiger partial charge on any atom is -0.300 e. The summed E-state index contributed by atoms with van der Waals surface area (Å²) in [5.41, 5.74) is 1.90. The number of halogens is 3. The van der Waals surface area contributed by atoms with Crippen LogP contribution in [0.4, 0.5) is 19.1 Å². The van der Waals surface area contributed by atoms with Gasteiger partial charge in [-0.2, -0.15) is 23.3 Å². The van der Waals surface area contributed by atoms with Crippen molar-refractivity contribution in [3.63, 3.8) is 0 Å². The zero-order valence-electron chi connectivity index (χ0n) is 14.0. The maximum Gasteiger partial charge on any atom is 0.451 e. The number of aromatic amines is 2. The van der Waals surface area contributed by atoms with E-state index in [4.69, 9.17) is 12.2 Å². The van der Waals surface area contributed by atoms with Crippen LogP contribution in [-0.2, 0) is 17.5 Å². The van der Waals surface area contributed by atoms with Crippen molar-refractivity contribution in [3.8, 4) is 11.4 Å². The molecule has 3 rings (SSSR count). The Kier molecular flexibility index (Phi) is 5.08. The Morgan fingerprint density at radius 3 is 2.56 bits per heavy atom. The molecule has 142 valence electrons. The molecular weight excluding hydrogens is 383 g/mol. The van der Waals surface area contributed by atoms with Gasteiger partial charge in [0.05, 0.1) is 0 Å². The zero-order valence-corrected chi connectivity index (χ0v) is 14.8. The Morgan fingerprint density at radius 1 is 1.22 bits per heavy atom. The Bertz CT molecular complexity index is 1000. The number of carbonyl (C=O) groups excluding carboxylic acids is 1. The summed E-state index contributed by atoms with van der Waals surface area (Å²) in [6.45, 7) is 2.14. The molecule has 2 aromatic heterocycles. The second-order valence-electron chi connectivity index (χ2n) is 5.67. The third-order valence-corrected chi connectivity index (χ3v) is 3.95. The lowest BCUT2D eigenvalue weighted by molar-refractivity contribution is -0.144. The van der Waals surface area contributed by atoms with Crippen LogP contribution in [0.25, 0.3) is 11.4 Å². The van der Waals surface area contributed by atoms with Crippen molar-refractivity contribution in [1.82, 2.24) is 29.9 Å². The number of hydrogen-bond donors (Lipinski definition) is 3. The fraction of sp³-hybridized carbons (Fsp3) is 0.267. The van der Waals surface area contributed by atoms with E-state index >= 15 is 0 Å². The summed E-state index contributed by atoms with van der Waals surface area (Å²) >= 11 is 5.18. The van der Waals surface area contributed by atoms with E-state index in [0.29, 0.717) is 10.6 Å². The highest BCUT2D eigenvalue weighted by atomic mass is 32.1. The van der Waals surface area contributed by atoms with Gasteiger partial charge in [0.15, 0.2) is 10.6 Å². The first-order valence-electron chi connectivity index (χ1n) is 7.76. The molecule has 0 spiro atoms. The number of hydrogen-bond acceptors (Lipinski definition) is 5. The van der Waals surface area contributed by atoms with Crippen molar-refractivity contribution in [2.24, 2.45) is 0 Å². The molecule has 1 aromatic carbocycles. The molecule has 27 heavy (non-hydrogen) atoms. The Balaban J connectivity index is 1.67. The van der Waals surface area contributed by atoms with E-state index in [0.717, 1.165) is 11.1 Å². The number of aromatic nitrogens is 6. The first-order valence-corrected chi connectivity index (χ1v) is 8.16. The minimum atomic E-state index is -4.66. The summed E-state index contributed by atoms with van der Waals surface area (Å²) in [7, 11) is 0. The monoisotopic (exact) mass is 397 g/mol. The molecule has 0 radical (unpaired) electrons. The normalized spacial score (nSPS) is 11.6. The van der Waals surface area contributed by atoms with Crippen LogP contribution >= 0.6 is 12.2 Å². The molecule has 0 fully saturated rings. The lowest BCUT2D eigenvalue weighted by atomic mass is 10.1. The summed E-state index contributed by atoms with van der Waals surface area (Å²) < 4.78 is 39.4. The van der Waals surface area contributed by atoms with Crippen LogP contribution in [0.2, 0.25) is 0 Å². The SMILES string of the molecule is Cc1ccc(-c2n[nH]c(=S)n2CCC(=O)Nc2n[nH]c(C(F)(F)F)n2)cc1. The van der Waals surface area contributed by atoms with Crippen molar-refractivity contribution in [1.29, 1.82) is 0 Å². The molecule has 0 saturated heterocycles. The largest absolute Gasteiger partial charge is 0.451 e. The number of aryl methyl sites for hydroxylation is 1. The molecule has 3 N–H and O–H groups in total. The second-order valence-corrected chi connectivity index (χ2v) is 6.06. The van der Waals surface area contributed by atoms with Crippen molar-refractivity contribution >= 4 is 24.1 Å². The van der Waals surface area contributed by atoms with Crippen molar-refractivity contribution in [3.05, 3.63) is 40.4 Å². The Morgan fingerprint density at radius 2 is 1.93 bits per heavy atom. The van der Waals surface area contributed by atoms with Crippen LogP contribution in [0.5, 0.6) is 0 Å². The fourth-order valence-corrected chi connectivity index (χ4v) is 2.52. The van der Waals surface area contributed by atoms with E-state index in [1.165, 1.54) is 0 Å². The van der Waals surface area contributed by atoms with Crippen LogP contribution in [0, 0.1) is 11.7 Å². The molecule has 3 aromatic rings. The van der Waals surface area contributed by atoms with Crippen molar-refractivity contribution in [2.75, 3.05) is 5.32 Å². The summed E-state index contributed by atoms with van der Waals surface area (Å²) in [5.74, 6) is -1.72. The molecule has 1 amide bonds. The number of anilines is 1.